The van der Waals surface area contributed by atoms with E-state index in [-0.39, 0.29) is 24.0 Å². The summed E-state index contributed by atoms with van der Waals surface area (Å²) in [7, 11) is 1.95. The summed E-state index contributed by atoms with van der Waals surface area (Å²) < 4.78 is 13.1. The van der Waals surface area contributed by atoms with Crippen molar-refractivity contribution in [3.63, 3.8) is 0 Å². The molecular weight excluding hydrogens is 255 g/mol. The third-order valence-corrected chi connectivity index (χ3v) is 4.31. The van der Waals surface area contributed by atoms with Gasteiger partial charge in [-0.05, 0) is 62.8 Å². The highest BCUT2D eigenvalue weighted by Gasteiger charge is 2.35. The molecule has 1 saturated carbocycles. The highest BCUT2D eigenvalue weighted by atomic mass is 19.1. The number of hydrazine groups is 1. The smallest absolute Gasteiger partial charge is 0.123 e. The van der Waals surface area contributed by atoms with Crippen molar-refractivity contribution in [2.75, 3.05) is 7.05 Å². The van der Waals surface area contributed by atoms with Gasteiger partial charge in [0, 0.05) is 19.1 Å². The Hall–Kier alpha value is -0.970. The first kappa shape index (κ1) is 15.4. The van der Waals surface area contributed by atoms with Crippen LogP contribution in [0.1, 0.15) is 43.9 Å². The molecule has 0 radical (unpaired) electrons. The zero-order valence-corrected chi connectivity index (χ0v) is 12.7. The van der Waals surface area contributed by atoms with E-state index in [0.29, 0.717) is 5.92 Å². The molecule has 0 spiro atoms. The molecule has 4 heteroatoms. The van der Waals surface area contributed by atoms with E-state index in [0.717, 1.165) is 24.0 Å². The van der Waals surface area contributed by atoms with E-state index in [9.17, 15) is 9.50 Å². The van der Waals surface area contributed by atoms with Crippen molar-refractivity contribution in [1.29, 1.82) is 0 Å². The summed E-state index contributed by atoms with van der Waals surface area (Å²) in [5.74, 6) is 0.251. The molecule has 0 bridgehead atoms. The van der Waals surface area contributed by atoms with Crippen molar-refractivity contribution in [3.05, 3.63) is 35.1 Å². The van der Waals surface area contributed by atoms with Crippen molar-refractivity contribution in [3.8, 4) is 0 Å². The maximum Gasteiger partial charge on any atom is 0.123 e. The maximum atomic E-state index is 13.1. The van der Waals surface area contributed by atoms with Gasteiger partial charge in [-0.3, -0.25) is 0 Å². The Kier molecular flexibility index (Phi) is 4.78. The normalized spacial score (nSPS) is 19.9. The number of aliphatic hydroxyl groups excluding tert-OH is 1. The Morgan fingerprint density at radius 1 is 1.35 bits per heavy atom. The van der Waals surface area contributed by atoms with Crippen LogP contribution in [-0.2, 0) is 0 Å². The van der Waals surface area contributed by atoms with Gasteiger partial charge in [0.05, 0.1) is 6.10 Å². The highest BCUT2D eigenvalue weighted by molar-refractivity contribution is 5.28. The predicted octanol–water partition coefficient (Wildman–Crippen LogP) is 2.79. The number of aryl methyl sites for hydroxylation is 1. The van der Waals surface area contributed by atoms with Gasteiger partial charge in [-0.25, -0.2) is 14.8 Å². The molecule has 20 heavy (non-hydrogen) atoms. The minimum absolute atomic E-state index is 0.0608. The van der Waals surface area contributed by atoms with Gasteiger partial charge in [0.25, 0.3) is 0 Å². The molecule has 3 unspecified atom stereocenters. The monoisotopic (exact) mass is 280 g/mol. The third kappa shape index (κ3) is 3.57. The Balaban J connectivity index is 1.97. The van der Waals surface area contributed by atoms with E-state index in [1.54, 1.807) is 6.07 Å². The van der Waals surface area contributed by atoms with Crippen LogP contribution in [0.3, 0.4) is 0 Å². The van der Waals surface area contributed by atoms with Crippen LogP contribution in [0.5, 0.6) is 0 Å². The van der Waals surface area contributed by atoms with Gasteiger partial charge in [0.2, 0.25) is 0 Å². The lowest BCUT2D eigenvalue weighted by Gasteiger charge is -2.32. The molecule has 1 aliphatic carbocycles. The average Bonchev–Trinajstić information content (AvgIpc) is 3.20. The standard InChI is InChI=1S/C16H25FN2O/c1-10-9-14(17)7-8-15(10)11(2)18-19(4)12(3)16(20)13-5-6-13/h7-9,11-13,16,18,20H,5-6H2,1-4H3. The number of hydrogen-bond acceptors (Lipinski definition) is 3. The van der Waals surface area contributed by atoms with Crippen molar-refractivity contribution in [2.24, 2.45) is 5.92 Å². The van der Waals surface area contributed by atoms with Crippen molar-refractivity contribution in [2.45, 2.75) is 51.8 Å². The second kappa shape index (κ2) is 6.20. The zero-order valence-electron chi connectivity index (χ0n) is 12.7. The maximum absolute atomic E-state index is 13.1. The molecule has 3 nitrogen and oxygen atoms in total. The van der Waals surface area contributed by atoms with E-state index < -0.39 is 0 Å². The highest BCUT2D eigenvalue weighted by Crippen LogP contribution is 2.34. The molecule has 3 atom stereocenters. The molecule has 0 aliphatic heterocycles. The lowest BCUT2D eigenvalue weighted by Crippen LogP contribution is -2.48. The summed E-state index contributed by atoms with van der Waals surface area (Å²) in [6, 6.07) is 5.00. The molecule has 0 aromatic heterocycles. The van der Waals surface area contributed by atoms with Gasteiger partial charge < -0.3 is 5.11 Å². The number of halogens is 1. The molecular formula is C16H25FN2O. The summed E-state index contributed by atoms with van der Waals surface area (Å²) >= 11 is 0. The fraction of sp³-hybridized carbons (Fsp3) is 0.625. The number of benzene rings is 1. The fourth-order valence-electron chi connectivity index (χ4n) is 2.68. The summed E-state index contributed by atoms with van der Waals surface area (Å²) in [5, 5.41) is 12.1. The molecule has 1 aliphatic rings. The number of nitrogens with zero attached hydrogens (tertiary/aromatic N) is 1. The zero-order chi connectivity index (χ0) is 14.9. The molecule has 0 saturated heterocycles. The van der Waals surface area contributed by atoms with Crippen LogP contribution in [-0.4, -0.2) is 29.3 Å². The number of nitrogens with one attached hydrogen (secondary N) is 1. The summed E-state index contributed by atoms with van der Waals surface area (Å²) in [6.45, 7) is 5.99. The lowest BCUT2D eigenvalue weighted by molar-refractivity contribution is 0.0241. The second-order valence-electron chi connectivity index (χ2n) is 6.03. The second-order valence-corrected chi connectivity index (χ2v) is 6.03. The summed E-state index contributed by atoms with van der Waals surface area (Å²) in [4.78, 5) is 0. The van der Waals surface area contributed by atoms with E-state index in [1.807, 2.05) is 38.9 Å². The van der Waals surface area contributed by atoms with Crippen molar-refractivity contribution < 1.29 is 9.50 Å². The van der Waals surface area contributed by atoms with Crippen LogP contribution in [0.15, 0.2) is 18.2 Å². The SMILES string of the molecule is Cc1cc(F)ccc1C(C)NN(C)C(C)C(O)C1CC1. The minimum atomic E-state index is -0.283. The van der Waals surface area contributed by atoms with Crippen molar-refractivity contribution in [1.82, 2.24) is 10.4 Å². The number of rotatable bonds is 6. The van der Waals surface area contributed by atoms with E-state index in [1.165, 1.54) is 6.07 Å². The van der Waals surface area contributed by atoms with Gasteiger partial charge in [0.15, 0.2) is 0 Å². The van der Waals surface area contributed by atoms with Gasteiger partial charge >= 0.3 is 0 Å². The molecule has 2 rings (SSSR count). The molecule has 0 amide bonds. The largest absolute Gasteiger partial charge is 0.391 e. The Labute approximate surface area is 120 Å². The third-order valence-electron chi connectivity index (χ3n) is 4.31. The quantitative estimate of drug-likeness (QED) is 0.787. The Bertz CT molecular complexity index is 462. The van der Waals surface area contributed by atoms with Crippen LogP contribution in [0, 0.1) is 18.7 Å². The van der Waals surface area contributed by atoms with E-state index in [4.69, 9.17) is 0 Å². The average molecular weight is 280 g/mol. The van der Waals surface area contributed by atoms with Crippen LogP contribution in [0.25, 0.3) is 0 Å². The number of hydrogen-bond donors (Lipinski definition) is 2. The van der Waals surface area contributed by atoms with Crippen LogP contribution in [0.4, 0.5) is 4.39 Å². The predicted molar refractivity (Wildman–Crippen MR) is 78.6 cm³/mol. The fourth-order valence-corrected chi connectivity index (χ4v) is 2.68. The molecule has 112 valence electrons. The van der Waals surface area contributed by atoms with Crippen molar-refractivity contribution >= 4 is 0 Å². The lowest BCUT2D eigenvalue weighted by atomic mass is 10.0. The van der Waals surface area contributed by atoms with Crippen LogP contribution < -0.4 is 5.43 Å². The van der Waals surface area contributed by atoms with Gasteiger partial charge in [-0.15, -0.1) is 0 Å². The minimum Gasteiger partial charge on any atom is -0.391 e. The first-order chi connectivity index (χ1) is 9.40. The van der Waals surface area contributed by atoms with Gasteiger partial charge in [-0.2, -0.15) is 0 Å². The summed E-state index contributed by atoms with van der Waals surface area (Å²) in [5.41, 5.74) is 5.38. The van der Waals surface area contributed by atoms with E-state index in [2.05, 4.69) is 5.43 Å². The van der Waals surface area contributed by atoms with Crippen LogP contribution in [0.2, 0.25) is 0 Å². The topological polar surface area (TPSA) is 35.5 Å². The Morgan fingerprint density at radius 3 is 2.55 bits per heavy atom. The first-order valence-corrected chi connectivity index (χ1v) is 7.33. The number of aliphatic hydroxyl groups is 1. The van der Waals surface area contributed by atoms with Crippen LogP contribution >= 0.6 is 0 Å². The Morgan fingerprint density at radius 2 is 2.00 bits per heavy atom. The molecule has 1 fully saturated rings. The number of likely N-dealkylation sites (N-methyl/N-ethyl adjacent to an activating group) is 1. The molecule has 1 aromatic rings. The summed E-state index contributed by atoms with van der Waals surface area (Å²) in [6.07, 6.45) is 1.98. The molecule has 1 aromatic carbocycles. The molecule has 2 N–H and O–H groups in total. The molecule has 0 heterocycles. The van der Waals surface area contributed by atoms with Gasteiger partial charge in [-0.1, -0.05) is 6.07 Å². The van der Waals surface area contributed by atoms with E-state index >= 15 is 0 Å². The van der Waals surface area contributed by atoms with Gasteiger partial charge in [0.1, 0.15) is 5.82 Å². The first-order valence-electron chi connectivity index (χ1n) is 7.33.